The van der Waals surface area contributed by atoms with E-state index in [-0.39, 0.29) is 23.3 Å². The first-order valence-corrected chi connectivity index (χ1v) is 6.52. The number of carboxylic acids is 1. The second-order valence-corrected chi connectivity index (χ2v) is 5.07. The largest absolute Gasteiger partial charge is 0.477 e. The van der Waals surface area contributed by atoms with Crippen LogP contribution in [0.1, 0.15) is 47.7 Å². The van der Waals surface area contributed by atoms with Crippen molar-refractivity contribution in [2.75, 3.05) is 6.54 Å². The summed E-state index contributed by atoms with van der Waals surface area (Å²) in [7, 11) is 0. The van der Waals surface area contributed by atoms with Crippen LogP contribution in [0.2, 0.25) is 0 Å². The highest BCUT2D eigenvalue weighted by molar-refractivity contribution is 5.94. The van der Waals surface area contributed by atoms with Crippen LogP contribution in [0.25, 0.3) is 0 Å². The van der Waals surface area contributed by atoms with E-state index in [0.29, 0.717) is 12.5 Å². The molecule has 2 unspecified atom stereocenters. The van der Waals surface area contributed by atoms with Crippen LogP contribution in [-0.2, 0) is 0 Å². The fraction of sp³-hybridized carbons (Fsp3) is 0.500. The number of aromatic nitrogens is 1. The number of pyridine rings is 1. The van der Waals surface area contributed by atoms with Crippen molar-refractivity contribution in [3.8, 4) is 0 Å². The van der Waals surface area contributed by atoms with Crippen molar-refractivity contribution in [1.82, 2.24) is 9.88 Å². The van der Waals surface area contributed by atoms with Crippen LogP contribution in [-0.4, -0.2) is 39.5 Å². The van der Waals surface area contributed by atoms with Crippen LogP contribution in [0, 0.1) is 5.92 Å². The molecule has 102 valence electrons. The molecule has 1 aliphatic heterocycles. The van der Waals surface area contributed by atoms with Crippen molar-refractivity contribution in [2.45, 2.75) is 32.7 Å². The molecule has 5 heteroatoms. The van der Waals surface area contributed by atoms with Crippen molar-refractivity contribution in [1.29, 1.82) is 0 Å². The molecule has 1 N–H and O–H groups in total. The van der Waals surface area contributed by atoms with E-state index in [2.05, 4.69) is 11.9 Å². The molecule has 0 aromatic carbocycles. The quantitative estimate of drug-likeness (QED) is 0.885. The molecule has 1 aromatic heterocycles. The third-order valence-electron chi connectivity index (χ3n) is 3.82. The summed E-state index contributed by atoms with van der Waals surface area (Å²) in [6.07, 6.45) is 2.10. The van der Waals surface area contributed by atoms with Gasteiger partial charge in [-0.15, -0.1) is 0 Å². The predicted octanol–water partition coefficient (Wildman–Crippen LogP) is 2.04. The van der Waals surface area contributed by atoms with Crippen molar-refractivity contribution < 1.29 is 14.7 Å². The number of hydrogen-bond donors (Lipinski definition) is 1. The summed E-state index contributed by atoms with van der Waals surface area (Å²) in [5.41, 5.74) is 0.115. The molecule has 0 aliphatic carbocycles. The second kappa shape index (κ2) is 5.38. The fourth-order valence-corrected chi connectivity index (χ4v) is 2.44. The predicted molar refractivity (Wildman–Crippen MR) is 70.1 cm³/mol. The molecule has 1 aliphatic rings. The number of piperidine rings is 1. The van der Waals surface area contributed by atoms with E-state index in [1.165, 1.54) is 6.07 Å². The molecule has 2 heterocycles. The molecule has 2 rings (SSSR count). The minimum atomic E-state index is -1.12. The molecule has 0 saturated carbocycles. The SMILES string of the molecule is CC1CCCN(C(=O)c2cccc(C(=O)O)n2)C1C. The molecule has 1 aromatic rings. The van der Waals surface area contributed by atoms with Gasteiger partial charge in [-0.25, -0.2) is 9.78 Å². The molecule has 1 saturated heterocycles. The number of likely N-dealkylation sites (tertiary alicyclic amines) is 1. The Kier molecular flexibility index (Phi) is 3.83. The smallest absolute Gasteiger partial charge is 0.354 e. The average molecular weight is 262 g/mol. The number of carbonyl (C=O) groups is 2. The van der Waals surface area contributed by atoms with Gasteiger partial charge in [-0.3, -0.25) is 4.79 Å². The Balaban J connectivity index is 2.23. The standard InChI is InChI=1S/C14H18N2O3/c1-9-5-4-8-16(10(9)2)13(17)11-6-3-7-12(15-11)14(18)19/h3,6-7,9-10H,4-5,8H2,1-2H3,(H,18,19). The number of carbonyl (C=O) groups excluding carboxylic acids is 1. The monoisotopic (exact) mass is 262 g/mol. The van der Waals surface area contributed by atoms with Gasteiger partial charge in [0.15, 0.2) is 0 Å². The van der Waals surface area contributed by atoms with Crippen LogP contribution in [0.15, 0.2) is 18.2 Å². The molecule has 0 bridgehead atoms. The van der Waals surface area contributed by atoms with Gasteiger partial charge in [0.25, 0.3) is 5.91 Å². The van der Waals surface area contributed by atoms with Gasteiger partial charge >= 0.3 is 5.97 Å². The van der Waals surface area contributed by atoms with E-state index < -0.39 is 5.97 Å². The minimum Gasteiger partial charge on any atom is -0.477 e. The van der Waals surface area contributed by atoms with Crippen molar-refractivity contribution >= 4 is 11.9 Å². The van der Waals surface area contributed by atoms with Crippen LogP contribution in [0.3, 0.4) is 0 Å². The second-order valence-electron chi connectivity index (χ2n) is 5.07. The first-order chi connectivity index (χ1) is 9.00. The average Bonchev–Trinajstić information content (AvgIpc) is 2.41. The first kappa shape index (κ1) is 13.5. The van der Waals surface area contributed by atoms with Crippen LogP contribution < -0.4 is 0 Å². The lowest BCUT2D eigenvalue weighted by Gasteiger charge is -2.37. The Bertz CT molecular complexity index is 501. The first-order valence-electron chi connectivity index (χ1n) is 6.52. The number of aromatic carboxylic acids is 1. The van der Waals surface area contributed by atoms with Gasteiger partial charge in [0.1, 0.15) is 11.4 Å². The normalized spacial score (nSPS) is 23.2. The van der Waals surface area contributed by atoms with Gasteiger partial charge in [0, 0.05) is 12.6 Å². The molecular weight excluding hydrogens is 244 g/mol. The zero-order valence-corrected chi connectivity index (χ0v) is 11.2. The van der Waals surface area contributed by atoms with Gasteiger partial charge in [0.05, 0.1) is 0 Å². The maximum absolute atomic E-state index is 12.4. The lowest BCUT2D eigenvalue weighted by Crippen LogP contribution is -2.46. The lowest BCUT2D eigenvalue weighted by molar-refractivity contribution is 0.0544. The maximum atomic E-state index is 12.4. The van der Waals surface area contributed by atoms with Gasteiger partial charge in [0.2, 0.25) is 0 Å². The summed E-state index contributed by atoms with van der Waals surface area (Å²) >= 11 is 0. The minimum absolute atomic E-state index is 0.0939. The van der Waals surface area contributed by atoms with Crippen LogP contribution in [0.5, 0.6) is 0 Å². The number of nitrogens with zero attached hydrogens (tertiary/aromatic N) is 2. The molecular formula is C14H18N2O3. The summed E-state index contributed by atoms with van der Waals surface area (Å²) in [5.74, 6) is -0.836. The topological polar surface area (TPSA) is 70.5 Å². The molecule has 2 atom stereocenters. The number of carboxylic acid groups (broad SMARTS) is 1. The van der Waals surface area contributed by atoms with E-state index in [9.17, 15) is 9.59 Å². The van der Waals surface area contributed by atoms with Gasteiger partial charge in [-0.05, 0) is 37.8 Å². The Hall–Kier alpha value is -1.91. The molecule has 5 nitrogen and oxygen atoms in total. The Labute approximate surface area is 112 Å². The summed E-state index contributed by atoms with van der Waals surface area (Å²) in [6.45, 7) is 4.87. The summed E-state index contributed by atoms with van der Waals surface area (Å²) in [5, 5.41) is 8.91. The van der Waals surface area contributed by atoms with Crippen molar-refractivity contribution in [2.24, 2.45) is 5.92 Å². The van der Waals surface area contributed by atoms with Crippen LogP contribution in [0.4, 0.5) is 0 Å². The maximum Gasteiger partial charge on any atom is 0.354 e. The lowest BCUT2D eigenvalue weighted by atomic mass is 9.92. The van der Waals surface area contributed by atoms with E-state index in [1.54, 1.807) is 17.0 Å². The molecule has 19 heavy (non-hydrogen) atoms. The zero-order chi connectivity index (χ0) is 14.0. The zero-order valence-electron chi connectivity index (χ0n) is 11.2. The van der Waals surface area contributed by atoms with E-state index in [1.807, 2.05) is 6.92 Å². The van der Waals surface area contributed by atoms with Crippen LogP contribution >= 0.6 is 0 Å². The highest BCUT2D eigenvalue weighted by Gasteiger charge is 2.29. The van der Waals surface area contributed by atoms with Gasteiger partial charge in [-0.2, -0.15) is 0 Å². The summed E-state index contributed by atoms with van der Waals surface area (Å²) in [6, 6.07) is 4.68. The van der Waals surface area contributed by atoms with Crippen molar-refractivity contribution in [3.63, 3.8) is 0 Å². The van der Waals surface area contributed by atoms with Gasteiger partial charge in [-0.1, -0.05) is 13.0 Å². The number of hydrogen-bond acceptors (Lipinski definition) is 3. The highest BCUT2D eigenvalue weighted by atomic mass is 16.4. The van der Waals surface area contributed by atoms with E-state index in [0.717, 1.165) is 12.8 Å². The highest BCUT2D eigenvalue weighted by Crippen LogP contribution is 2.24. The number of amides is 1. The Morgan fingerprint density at radius 3 is 2.68 bits per heavy atom. The molecule has 1 amide bonds. The fourth-order valence-electron chi connectivity index (χ4n) is 2.44. The summed E-state index contributed by atoms with van der Waals surface area (Å²) < 4.78 is 0. The third-order valence-corrected chi connectivity index (χ3v) is 3.82. The molecule has 1 fully saturated rings. The Morgan fingerprint density at radius 1 is 1.32 bits per heavy atom. The van der Waals surface area contributed by atoms with Gasteiger partial charge < -0.3 is 10.0 Å². The molecule has 0 radical (unpaired) electrons. The third kappa shape index (κ3) is 2.75. The van der Waals surface area contributed by atoms with Crippen molar-refractivity contribution in [3.05, 3.63) is 29.6 Å². The molecule has 0 spiro atoms. The summed E-state index contributed by atoms with van der Waals surface area (Å²) in [4.78, 5) is 29.0. The van der Waals surface area contributed by atoms with E-state index in [4.69, 9.17) is 5.11 Å². The Morgan fingerprint density at radius 2 is 2.00 bits per heavy atom. The van der Waals surface area contributed by atoms with E-state index >= 15 is 0 Å². The number of rotatable bonds is 2.